The number of nitrogens with zero attached hydrogens (tertiary/aromatic N) is 2. The molecule has 0 saturated carbocycles. The Morgan fingerprint density at radius 2 is 1.90 bits per heavy atom. The van der Waals surface area contributed by atoms with Gasteiger partial charge in [-0.2, -0.15) is 0 Å². The van der Waals surface area contributed by atoms with Gasteiger partial charge in [-0.1, -0.05) is 12.1 Å². The molecule has 7 heteroatoms. The van der Waals surface area contributed by atoms with Crippen LogP contribution in [0.1, 0.15) is 28.5 Å². The molecule has 0 radical (unpaired) electrons. The lowest BCUT2D eigenvalue weighted by atomic mass is 10.1. The zero-order valence-corrected chi connectivity index (χ0v) is 17.6. The summed E-state index contributed by atoms with van der Waals surface area (Å²) in [4.78, 5) is 18.7. The summed E-state index contributed by atoms with van der Waals surface area (Å²) in [5.41, 5.74) is 4.18. The smallest absolute Gasteiger partial charge is 0.254 e. The maximum atomic E-state index is 12.8. The van der Waals surface area contributed by atoms with Gasteiger partial charge in [-0.15, -0.1) is 11.3 Å². The maximum absolute atomic E-state index is 12.8. The van der Waals surface area contributed by atoms with Crippen LogP contribution in [-0.4, -0.2) is 36.6 Å². The molecule has 0 saturated heterocycles. The van der Waals surface area contributed by atoms with Crippen LogP contribution in [0.4, 0.5) is 0 Å². The van der Waals surface area contributed by atoms with Crippen LogP contribution in [-0.2, 0) is 13.2 Å². The van der Waals surface area contributed by atoms with E-state index in [1.54, 1.807) is 42.8 Å². The number of benzene rings is 2. The topological polar surface area (TPSA) is 60.9 Å². The minimum absolute atomic E-state index is 0.0942. The Balaban J connectivity index is 1.65. The van der Waals surface area contributed by atoms with Crippen molar-refractivity contribution >= 4 is 17.2 Å². The number of hydrogen-bond donors (Lipinski definition) is 0. The summed E-state index contributed by atoms with van der Waals surface area (Å²) < 4.78 is 16.6. The molecule has 3 rings (SSSR count). The van der Waals surface area contributed by atoms with Gasteiger partial charge in [0.2, 0.25) is 0 Å². The third kappa shape index (κ3) is 5.48. The van der Waals surface area contributed by atoms with Crippen LogP contribution in [0.15, 0.2) is 53.4 Å². The lowest BCUT2D eigenvalue weighted by Crippen LogP contribution is -2.26. The van der Waals surface area contributed by atoms with Crippen molar-refractivity contribution in [2.45, 2.75) is 20.1 Å². The van der Waals surface area contributed by atoms with Crippen molar-refractivity contribution in [2.24, 2.45) is 0 Å². The van der Waals surface area contributed by atoms with E-state index < -0.39 is 0 Å². The molecule has 152 valence electrons. The Morgan fingerprint density at radius 1 is 1.10 bits per heavy atom. The predicted octanol–water partition coefficient (Wildman–Crippen LogP) is 4.40. The van der Waals surface area contributed by atoms with Crippen molar-refractivity contribution in [1.82, 2.24) is 9.88 Å². The number of hydrogen-bond acceptors (Lipinski definition) is 6. The zero-order chi connectivity index (χ0) is 20.6. The number of carbonyl (C=O) groups is 1. The Morgan fingerprint density at radius 3 is 2.55 bits per heavy atom. The number of carbonyl (C=O) groups excluding carboxylic acids is 1. The highest BCUT2D eigenvalue weighted by molar-refractivity contribution is 7.07. The maximum Gasteiger partial charge on any atom is 0.254 e. The first-order valence-corrected chi connectivity index (χ1v) is 10.2. The summed E-state index contributed by atoms with van der Waals surface area (Å²) in [5.74, 6) is 1.82. The van der Waals surface area contributed by atoms with E-state index in [1.807, 2.05) is 36.6 Å². The predicted molar refractivity (Wildman–Crippen MR) is 113 cm³/mol. The van der Waals surface area contributed by atoms with Crippen molar-refractivity contribution in [3.8, 4) is 17.2 Å². The van der Waals surface area contributed by atoms with Gasteiger partial charge >= 0.3 is 0 Å². The number of amides is 1. The second-order valence-corrected chi connectivity index (χ2v) is 7.09. The van der Waals surface area contributed by atoms with Crippen molar-refractivity contribution < 1.29 is 19.0 Å². The molecule has 0 aliphatic carbocycles. The lowest BCUT2D eigenvalue weighted by Gasteiger charge is -2.19. The molecule has 3 aromatic rings. The van der Waals surface area contributed by atoms with Crippen molar-refractivity contribution in [1.29, 1.82) is 0 Å². The zero-order valence-electron chi connectivity index (χ0n) is 16.8. The van der Waals surface area contributed by atoms with Crippen LogP contribution in [0.2, 0.25) is 0 Å². The van der Waals surface area contributed by atoms with Crippen LogP contribution >= 0.6 is 11.3 Å². The molecule has 0 unspecified atom stereocenters. The number of ether oxygens (including phenoxy) is 3. The van der Waals surface area contributed by atoms with Gasteiger partial charge in [-0.3, -0.25) is 4.79 Å². The fraction of sp³-hybridized carbons (Fsp3) is 0.273. The summed E-state index contributed by atoms with van der Waals surface area (Å²) in [6, 6.07) is 12.9. The summed E-state index contributed by atoms with van der Waals surface area (Å²) in [6.45, 7) is 3.42. The monoisotopic (exact) mass is 412 g/mol. The number of thiazole rings is 1. The van der Waals surface area contributed by atoms with Crippen LogP contribution in [0.25, 0.3) is 0 Å². The normalized spacial score (nSPS) is 10.4. The van der Waals surface area contributed by atoms with E-state index in [2.05, 4.69) is 4.98 Å². The van der Waals surface area contributed by atoms with Gasteiger partial charge in [-0.05, 0) is 42.8 Å². The third-order valence-electron chi connectivity index (χ3n) is 4.27. The number of methoxy groups -OCH3 is 1. The molecule has 2 aromatic carbocycles. The molecule has 1 amide bonds. The molecule has 0 N–H and O–H groups in total. The molecule has 0 atom stereocenters. The van der Waals surface area contributed by atoms with Crippen molar-refractivity contribution in [3.63, 3.8) is 0 Å². The minimum atomic E-state index is -0.0942. The summed E-state index contributed by atoms with van der Waals surface area (Å²) in [5, 5.41) is 1.93. The molecule has 29 heavy (non-hydrogen) atoms. The second-order valence-electron chi connectivity index (χ2n) is 6.37. The average molecular weight is 413 g/mol. The first-order chi connectivity index (χ1) is 14.1. The van der Waals surface area contributed by atoms with Gasteiger partial charge in [0, 0.05) is 24.5 Å². The fourth-order valence-electron chi connectivity index (χ4n) is 2.80. The van der Waals surface area contributed by atoms with E-state index in [-0.39, 0.29) is 5.91 Å². The van der Waals surface area contributed by atoms with Gasteiger partial charge in [0.1, 0.15) is 12.4 Å². The van der Waals surface area contributed by atoms with Crippen LogP contribution in [0.5, 0.6) is 17.2 Å². The molecule has 1 aromatic heterocycles. The van der Waals surface area contributed by atoms with Gasteiger partial charge < -0.3 is 19.1 Å². The lowest BCUT2D eigenvalue weighted by molar-refractivity contribution is 0.0784. The van der Waals surface area contributed by atoms with Gasteiger partial charge in [0.15, 0.2) is 11.5 Å². The highest BCUT2D eigenvalue weighted by atomic mass is 32.1. The fourth-order valence-corrected chi connectivity index (χ4v) is 3.35. The summed E-state index contributed by atoms with van der Waals surface area (Å²) >= 11 is 1.52. The molecule has 1 heterocycles. The molecule has 0 aliphatic heterocycles. The average Bonchev–Trinajstić information content (AvgIpc) is 3.27. The van der Waals surface area contributed by atoms with Gasteiger partial charge in [0.25, 0.3) is 5.91 Å². The van der Waals surface area contributed by atoms with E-state index >= 15 is 0 Å². The first kappa shape index (κ1) is 20.7. The summed E-state index contributed by atoms with van der Waals surface area (Å²) in [6.07, 6.45) is 0. The highest BCUT2D eigenvalue weighted by Gasteiger charge is 2.16. The highest BCUT2D eigenvalue weighted by Crippen LogP contribution is 2.29. The van der Waals surface area contributed by atoms with Crippen molar-refractivity contribution in [2.75, 3.05) is 20.8 Å². The van der Waals surface area contributed by atoms with E-state index in [0.29, 0.717) is 36.8 Å². The molecule has 6 nitrogen and oxygen atoms in total. The van der Waals surface area contributed by atoms with E-state index in [9.17, 15) is 4.79 Å². The summed E-state index contributed by atoms with van der Waals surface area (Å²) in [7, 11) is 3.33. The molecule has 0 aliphatic rings. The quantitative estimate of drug-likeness (QED) is 0.521. The van der Waals surface area contributed by atoms with Crippen molar-refractivity contribution in [3.05, 3.63) is 70.2 Å². The first-order valence-electron chi connectivity index (χ1n) is 9.25. The Bertz CT molecular complexity index is 926. The molecular formula is C22H24N2O4S. The van der Waals surface area contributed by atoms with Crippen LogP contribution < -0.4 is 14.2 Å². The third-order valence-corrected chi connectivity index (χ3v) is 4.91. The molecule has 0 fully saturated rings. The number of rotatable bonds is 9. The van der Waals surface area contributed by atoms with E-state index in [0.717, 1.165) is 17.0 Å². The SMILES string of the molecule is CCOc1ccc(CN(C)C(=O)c2ccc(OCc3cscn3)c(OC)c2)cc1. The van der Waals surface area contributed by atoms with E-state index in [4.69, 9.17) is 14.2 Å². The number of aromatic nitrogens is 1. The standard InChI is InChI=1S/C22H24N2O4S/c1-4-27-19-8-5-16(6-9-19)12-24(2)22(25)17-7-10-20(21(11-17)26-3)28-13-18-14-29-15-23-18/h5-11,14-15H,4,12-13H2,1-3H3. The largest absolute Gasteiger partial charge is 0.494 e. The van der Waals surface area contributed by atoms with Crippen LogP contribution in [0.3, 0.4) is 0 Å². The molecule has 0 bridgehead atoms. The van der Waals surface area contributed by atoms with Gasteiger partial charge in [0.05, 0.1) is 24.9 Å². The Kier molecular flexibility index (Phi) is 7.08. The van der Waals surface area contributed by atoms with Gasteiger partial charge in [-0.25, -0.2) is 4.98 Å². The minimum Gasteiger partial charge on any atom is -0.494 e. The second kappa shape index (κ2) is 9.93. The Hall–Kier alpha value is -3.06. The molecular weight excluding hydrogens is 388 g/mol. The van der Waals surface area contributed by atoms with Crippen LogP contribution in [0, 0.1) is 0 Å². The Labute approximate surface area is 174 Å². The van der Waals surface area contributed by atoms with E-state index in [1.165, 1.54) is 11.3 Å². The molecule has 0 spiro atoms.